The number of benzene rings is 7. The van der Waals surface area contributed by atoms with E-state index in [9.17, 15) is 0 Å². The zero-order valence-corrected chi connectivity index (χ0v) is 34.0. The highest BCUT2D eigenvalue weighted by Crippen LogP contribution is 2.54. The van der Waals surface area contributed by atoms with Gasteiger partial charge < -0.3 is 0 Å². The van der Waals surface area contributed by atoms with Crippen molar-refractivity contribution < 1.29 is 9.68 Å². The zero-order valence-electron chi connectivity index (χ0n) is 34.0. The molecule has 2 aliphatic heterocycles. The highest BCUT2D eigenvalue weighted by Gasteiger charge is 2.51. The largest absolute Gasteiger partial charge is 0.293 e. The Morgan fingerprint density at radius 3 is 1.00 bits per heavy atom. The average Bonchev–Trinajstić information content (AvgIpc) is 3.45. The van der Waals surface area contributed by atoms with Crippen LogP contribution in [0.1, 0.15) is 88.8 Å². The summed E-state index contributed by atoms with van der Waals surface area (Å²) >= 11 is 0. The van der Waals surface area contributed by atoms with Gasteiger partial charge in [0.15, 0.2) is 0 Å². The monoisotopic (exact) mass is 736 g/mol. The predicted molar refractivity (Wildman–Crippen MR) is 231 cm³/mol. The van der Waals surface area contributed by atoms with Crippen LogP contribution in [0.2, 0.25) is 0 Å². The van der Waals surface area contributed by atoms with E-state index in [1.54, 1.807) is 0 Å². The number of hydrogen-bond donors (Lipinski definition) is 0. The molecule has 9 rings (SSSR count). The Morgan fingerprint density at radius 1 is 0.357 bits per heavy atom. The third-order valence-corrected chi connectivity index (χ3v) is 12.6. The summed E-state index contributed by atoms with van der Waals surface area (Å²) in [5.74, 6) is 0. The molecular weight excluding hydrogens is 685 g/mol. The van der Waals surface area contributed by atoms with E-state index in [1.165, 1.54) is 66.1 Å². The highest BCUT2D eigenvalue weighted by atomic mass is 16.7. The Bertz CT molecular complexity index is 2370. The molecule has 0 aliphatic carbocycles. The fourth-order valence-corrected chi connectivity index (χ4v) is 10.1. The first-order valence-electron chi connectivity index (χ1n) is 20.0. The van der Waals surface area contributed by atoms with Crippen LogP contribution < -0.4 is 0 Å². The van der Waals surface area contributed by atoms with E-state index in [4.69, 9.17) is 9.68 Å². The molecule has 4 nitrogen and oxygen atoms in total. The zero-order chi connectivity index (χ0) is 39.0. The Balaban J connectivity index is 1.15. The van der Waals surface area contributed by atoms with Crippen LogP contribution in [0.4, 0.5) is 0 Å². The third-order valence-electron chi connectivity index (χ3n) is 12.6. The average molecular weight is 737 g/mol. The van der Waals surface area contributed by atoms with Crippen LogP contribution in [0.25, 0.3) is 43.8 Å². The van der Waals surface area contributed by atoms with Gasteiger partial charge in [-0.3, -0.25) is 9.68 Å². The van der Waals surface area contributed by atoms with Crippen LogP contribution in [0.5, 0.6) is 0 Å². The van der Waals surface area contributed by atoms with E-state index >= 15 is 0 Å². The Hall–Kier alpha value is -5.10. The summed E-state index contributed by atoms with van der Waals surface area (Å²) in [6.45, 7) is 19.3. The molecule has 282 valence electrons. The molecule has 7 aromatic rings. The number of rotatable bonds is 8. The lowest BCUT2D eigenvalue weighted by molar-refractivity contribution is -0.269. The van der Waals surface area contributed by atoms with Crippen molar-refractivity contribution in [1.82, 2.24) is 10.1 Å². The van der Waals surface area contributed by atoms with E-state index < -0.39 is 0 Å². The molecule has 0 unspecified atom stereocenters. The molecule has 2 heterocycles. The molecule has 0 spiro atoms. The van der Waals surface area contributed by atoms with Crippen LogP contribution in [0.15, 0.2) is 146 Å². The lowest BCUT2D eigenvalue weighted by atomic mass is 9.82. The first kappa shape index (κ1) is 36.5. The number of fused-ring (bicyclic) bond motifs is 4. The number of hydroxylamine groups is 4. The quantitative estimate of drug-likeness (QED) is 0.145. The molecule has 0 atom stereocenters. The highest BCUT2D eigenvalue weighted by molar-refractivity contribution is 6.21. The molecule has 0 bridgehead atoms. The summed E-state index contributed by atoms with van der Waals surface area (Å²) in [6.07, 6.45) is 0. The van der Waals surface area contributed by atoms with Crippen molar-refractivity contribution in [2.45, 2.75) is 90.8 Å². The van der Waals surface area contributed by atoms with Crippen LogP contribution >= 0.6 is 0 Å². The first-order chi connectivity index (χ1) is 26.8. The van der Waals surface area contributed by atoms with Gasteiger partial charge in [0.25, 0.3) is 0 Å². The number of nitrogens with zero attached hydrogens (tertiary/aromatic N) is 2. The Labute approximate surface area is 332 Å². The van der Waals surface area contributed by atoms with Crippen LogP contribution in [-0.4, -0.2) is 10.1 Å². The van der Waals surface area contributed by atoms with E-state index in [-0.39, 0.29) is 22.2 Å². The van der Waals surface area contributed by atoms with Gasteiger partial charge in [-0.1, -0.05) is 133 Å². The van der Waals surface area contributed by atoms with Crippen molar-refractivity contribution in [2.75, 3.05) is 0 Å². The van der Waals surface area contributed by atoms with Gasteiger partial charge in [-0.15, -0.1) is 0 Å². The summed E-state index contributed by atoms with van der Waals surface area (Å²) in [6, 6.07) is 53.0. The van der Waals surface area contributed by atoms with Crippen molar-refractivity contribution in [1.29, 1.82) is 0 Å². The fraction of sp³-hybridized carbons (Fsp3) is 0.269. The molecule has 0 N–H and O–H groups in total. The maximum absolute atomic E-state index is 6.67. The van der Waals surface area contributed by atoms with Gasteiger partial charge in [-0.05, 0) is 145 Å². The first-order valence-corrected chi connectivity index (χ1v) is 20.0. The van der Waals surface area contributed by atoms with E-state index in [0.717, 1.165) is 11.1 Å². The second-order valence-electron chi connectivity index (χ2n) is 17.7. The van der Waals surface area contributed by atoms with Gasteiger partial charge in [-0.25, -0.2) is 0 Å². The molecule has 0 fully saturated rings. The van der Waals surface area contributed by atoms with E-state index in [0.29, 0.717) is 13.2 Å². The summed E-state index contributed by atoms with van der Waals surface area (Å²) in [5.41, 5.74) is 11.2. The minimum atomic E-state index is -0.348. The lowest BCUT2D eigenvalue weighted by Gasteiger charge is -2.39. The Kier molecular flexibility index (Phi) is 8.64. The van der Waals surface area contributed by atoms with Crippen molar-refractivity contribution in [3.05, 3.63) is 179 Å². The van der Waals surface area contributed by atoms with Gasteiger partial charge in [0.2, 0.25) is 0 Å². The van der Waals surface area contributed by atoms with Crippen LogP contribution in [-0.2, 0) is 45.0 Å². The van der Waals surface area contributed by atoms with E-state index in [1.807, 2.05) is 0 Å². The second kappa shape index (κ2) is 13.2. The summed E-state index contributed by atoms with van der Waals surface area (Å²) in [7, 11) is 0. The van der Waals surface area contributed by atoms with Crippen molar-refractivity contribution in [3.63, 3.8) is 0 Å². The predicted octanol–water partition coefficient (Wildman–Crippen LogP) is 13.2. The minimum absolute atomic E-state index is 0.307. The molecule has 56 heavy (non-hydrogen) atoms. The standard InChI is InChI=1S/C52H52N2O2/c1-49(2)43-29-27-37(31-45(43)51(5,6)53(49)55-33-35-19-11-9-12-20-35)47-39-23-15-17-25-41(39)48(42-26-18-16-24-40(42)47)38-28-30-44-46(32-38)52(7,8)54(50(44,3)4)56-34-36-21-13-10-14-22-36/h9-32H,33-34H2,1-8H3. The molecule has 4 heteroatoms. The van der Waals surface area contributed by atoms with Gasteiger partial charge >= 0.3 is 0 Å². The molecule has 2 aliphatic rings. The maximum atomic E-state index is 6.67. The van der Waals surface area contributed by atoms with Crippen LogP contribution in [0.3, 0.4) is 0 Å². The SMILES string of the molecule is CC1(C)c2ccc(-c3c4ccccc4c(-c4ccc5c(c4)C(C)(C)N(OCc4ccccc4)C5(C)C)c4ccccc34)cc2C(C)(C)N1OCc1ccccc1. The van der Waals surface area contributed by atoms with Crippen molar-refractivity contribution in [3.8, 4) is 22.3 Å². The fourth-order valence-electron chi connectivity index (χ4n) is 10.1. The normalized spacial score (nSPS) is 18.0. The third kappa shape index (κ3) is 5.65. The minimum Gasteiger partial charge on any atom is -0.293 e. The smallest absolute Gasteiger partial charge is 0.0936 e. The van der Waals surface area contributed by atoms with Crippen LogP contribution in [0, 0.1) is 0 Å². The maximum Gasteiger partial charge on any atom is 0.0936 e. The van der Waals surface area contributed by atoms with E-state index in [2.05, 4.69) is 211 Å². The molecule has 7 aromatic carbocycles. The van der Waals surface area contributed by atoms with Gasteiger partial charge in [0, 0.05) is 0 Å². The van der Waals surface area contributed by atoms with Crippen molar-refractivity contribution in [2.24, 2.45) is 0 Å². The summed E-state index contributed by atoms with van der Waals surface area (Å²) in [5, 5.41) is 9.43. The molecule has 0 radical (unpaired) electrons. The molecule has 0 amide bonds. The topological polar surface area (TPSA) is 24.9 Å². The van der Waals surface area contributed by atoms with Gasteiger partial charge in [0.05, 0.1) is 35.4 Å². The molecular formula is C52H52N2O2. The molecule has 0 aromatic heterocycles. The summed E-state index contributed by atoms with van der Waals surface area (Å²) < 4.78 is 0. The second-order valence-corrected chi connectivity index (χ2v) is 17.7. The summed E-state index contributed by atoms with van der Waals surface area (Å²) in [4.78, 5) is 13.3. The molecule has 0 saturated carbocycles. The van der Waals surface area contributed by atoms with Gasteiger partial charge in [-0.2, -0.15) is 10.1 Å². The lowest BCUT2D eigenvalue weighted by Crippen LogP contribution is -2.45. The number of hydrogen-bond acceptors (Lipinski definition) is 4. The Morgan fingerprint density at radius 2 is 0.661 bits per heavy atom. The molecule has 0 saturated heterocycles. The van der Waals surface area contributed by atoms with Crippen molar-refractivity contribution >= 4 is 21.5 Å². The van der Waals surface area contributed by atoms with Gasteiger partial charge in [0.1, 0.15) is 0 Å².